The Balaban J connectivity index is 0.000000158. The first kappa shape index (κ1) is 89.2. The number of nitrogens with one attached hydrogen (secondary N) is 4. The zero-order chi connectivity index (χ0) is 85.8. The van der Waals surface area contributed by atoms with E-state index in [0.29, 0.717) is 83.6 Å². The summed E-state index contributed by atoms with van der Waals surface area (Å²) in [7, 11) is 1.67. The van der Waals surface area contributed by atoms with Gasteiger partial charge in [-0.3, -0.25) is 29.5 Å². The molecule has 4 fully saturated rings. The number of carbonyl (C=O) groups excluding carboxylic acids is 3. The Kier molecular flexibility index (Phi) is 30.7. The molecule has 1 aliphatic carbocycles. The Morgan fingerprint density at radius 1 is 0.434 bits per heavy atom. The van der Waals surface area contributed by atoms with E-state index in [9.17, 15) is 39.0 Å². The number of nitriles is 3. The highest BCUT2D eigenvalue weighted by Crippen LogP contribution is 2.43. The summed E-state index contributed by atoms with van der Waals surface area (Å²) in [6.45, 7) is 6.23. The fraction of sp³-hybridized carbons (Fsp3) is 0.265. The van der Waals surface area contributed by atoms with E-state index in [2.05, 4.69) is 115 Å². The number of carbonyl (C=O) groups is 3. The van der Waals surface area contributed by atoms with Gasteiger partial charge >= 0.3 is 0 Å². The molecule has 4 N–H and O–H groups in total. The van der Waals surface area contributed by atoms with Crippen LogP contribution in [0.25, 0.3) is 33.4 Å². The van der Waals surface area contributed by atoms with Crippen molar-refractivity contribution in [1.29, 1.82) is 15.8 Å². The highest BCUT2D eigenvalue weighted by molar-refractivity contribution is 6.42. The van der Waals surface area contributed by atoms with Gasteiger partial charge in [-0.2, -0.15) is 15.8 Å². The summed E-state index contributed by atoms with van der Waals surface area (Å²) >= 11 is 37.1. The minimum Gasteiger partial charge on any atom is -0.497 e. The van der Waals surface area contributed by atoms with E-state index in [1.54, 1.807) is 67.8 Å². The summed E-state index contributed by atoms with van der Waals surface area (Å²) in [6.07, 6.45) is 9.59. The Labute approximate surface area is 740 Å². The third-order valence-electron chi connectivity index (χ3n) is 23.0. The molecule has 3 amide bonds. The van der Waals surface area contributed by atoms with Crippen molar-refractivity contribution in [2.75, 3.05) is 82.1 Å². The fourth-order valence-electron chi connectivity index (χ4n) is 16.5. The van der Waals surface area contributed by atoms with Crippen LogP contribution >= 0.6 is 69.6 Å². The molecule has 24 heteroatoms. The number of methoxy groups -OCH3 is 1. The smallest absolute Gasteiger partial charge is 0.250 e. The first-order valence-electron chi connectivity index (χ1n) is 40.4. The summed E-state index contributed by atoms with van der Waals surface area (Å²) < 4.78 is 45.4. The average Bonchev–Trinajstić information content (AvgIpc) is 0.986. The largest absolute Gasteiger partial charge is 0.497 e. The predicted molar refractivity (Wildman–Crippen MR) is 481 cm³/mol. The maximum absolute atomic E-state index is 13.6. The zero-order valence-corrected chi connectivity index (χ0v) is 71.7. The van der Waals surface area contributed by atoms with Crippen molar-refractivity contribution in [3.63, 3.8) is 0 Å². The summed E-state index contributed by atoms with van der Waals surface area (Å²) in [5, 5.41) is 42.5. The molecular weight excluding hydrogens is 1660 g/mol. The lowest BCUT2D eigenvalue weighted by Crippen LogP contribution is -2.54. The molecule has 0 unspecified atom stereocenters. The van der Waals surface area contributed by atoms with Crippen molar-refractivity contribution in [1.82, 2.24) is 20.0 Å². The number of amides is 3. The van der Waals surface area contributed by atoms with Gasteiger partial charge in [0.05, 0.1) is 69.8 Å². The standard InChI is InChI=1S/C34H31Cl2N3O3.C33H27Cl4N3O2.C31H32F2N4O/c1-41-32-11-5-24(6-12-32)22-39-15-13-34(14-16-39,42-23-33(40)38-31-19-29(35)18-30(36)20-31)28-9-7-26(8-10-28)27-4-2-3-25(17-27)21-37;34-27-16-28(35)18-29(17-27)39-31(41)21-42-33(11-13-40(14-12-33)20-25-5-2-6-30(36)32(25)37)26-9-7-23(8-10-26)24-4-1-3-22(15-24)19-38;32-26-17-27(33)19-28(18-26)36-30(38)21-35-31(12-14-37(15-13-31)29-6-1-2-7-29)25-10-8-23(9-11-25)24-5-3-4-22(16-24)20-34/h2-12,17-20H,13-16,22-23H2,1H3,(H,38,40);1-10,15-18H,11-14,20-21H2,(H,39,41);3-5,8-11,16-19,29,35H,1-2,6-7,12-15,21H2,(H,36,38). The van der Waals surface area contributed by atoms with E-state index >= 15 is 0 Å². The third-order valence-corrected chi connectivity index (χ3v) is 24.8. The number of hydrogen-bond donors (Lipinski definition) is 4. The van der Waals surface area contributed by atoms with Gasteiger partial charge in [-0.25, -0.2) is 8.78 Å². The minimum atomic E-state index is -0.732. The number of likely N-dealkylation sites (tertiary alicyclic amines) is 3. The van der Waals surface area contributed by atoms with Gasteiger partial charge in [0.15, 0.2) is 0 Å². The van der Waals surface area contributed by atoms with Crippen LogP contribution in [0.5, 0.6) is 5.75 Å². The predicted octanol–water partition coefficient (Wildman–Crippen LogP) is 22.6. The Morgan fingerprint density at radius 2 is 0.836 bits per heavy atom. The van der Waals surface area contributed by atoms with Gasteiger partial charge in [-0.1, -0.05) is 216 Å². The van der Waals surface area contributed by atoms with Crippen LogP contribution < -0.4 is 26.0 Å². The van der Waals surface area contributed by atoms with E-state index in [-0.39, 0.29) is 43.2 Å². The Bertz CT molecular complexity index is 5560. The molecular formula is C98H90Cl6F2N10O6. The van der Waals surface area contributed by atoms with Crippen LogP contribution in [0.3, 0.4) is 0 Å². The molecule has 0 atom stereocenters. The molecule has 0 radical (unpaired) electrons. The molecule has 4 aliphatic rings. The van der Waals surface area contributed by atoms with Gasteiger partial charge in [0.25, 0.3) is 0 Å². The Morgan fingerprint density at radius 3 is 1.26 bits per heavy atom. The average molecular weight is 1750 g/mol. The van der Waals surface area contributed by atoms with E-state index in [1.165, 1.54) is 31.2 Å². The number of piperidine rings is 3. The lowest BCUT2D eigenvalue weighted by atomic mass is 9.79. The quantitative estimate of drug-likeness (QED) is 0.0445. The van der Waals surface area contributed by atoms with Crippen LogP contribution in [0.1, 0.15) is 109 Å². The first-order valence-corrected chi connectivity index (χ1v) is 42.7. The van der Waals surface area contributed by atoms with Gasteiger partial charge < -0.3 is 35.1 Å². The van der Waals surface area contributed by atoms with Gasteiger partial charge in [0.2, 0.25) is 17.7 Å². The molecule has 11 aromatic carbocycles. The highest BCUT2D eigenvalue weighted by atomic mass is 35.5. The third kappa shape index (κ3) is 23.8. The van der Waals surface area contributed by atoms with Crippen LogP contribution in [0.4, 0.5) is 25.8 Å². The van der Waals surface area contributed by atoms with Crippen molar-refractivity contribution in [3.8, 4) is 57.3 Å². The molecule has 11 aromatic rings. The second kappa shape index (κ2) is 42.0. The van der Waals surface area contributed by atoms with Gasteiger partial charge in [-0.05, 0) is 216 Å². The van der Waals surface area contributed by atoms with Crippen LogP contribution in [-0.4, -0.2) is 105 Å². The van der Waals surface area contributed by atoms with Crippen molar-refractivity contribution >= 4 is 104 Å². The molecule has 3 aliphatic heterocycles. The molecule has 122 heavy (non-hydrogen) atoms. The number of benzene rings is 11. The molecule has 624 valence electrons. The van der Waals surface area contributed by atoms with Crippen molar-refractivity contribution < 1.29 is 37.4 Å². The number of anilines is 3. The van der Waals surface area contributed by atoms with Crippen LogP contribution in [0.2, 0.25) is 30.1 Å². The van der Waals surface area contributed by atoms with Crippen molar-refractivity contribution in [2.24, 2.45) is 0 Å². The number of ether oxygens (including phenoxy) is 3. The number of halogens is 8. The molecule has 0 spiro atoms. The second-order valence-electron chi connectivity index (χ2n) is 31.0. The van der Waals surface area contributed by atoms with Gasteiger partial charge in [-0.15, -0.1) is 0 Å². The molecule has 16 nitrogen and oxygen atoms in total. The normalized spacial score (nSPS) is 15.6. The minimum absolute atomic E-state index is 0.0214. The zero-order valence-electron chi connectivity index (χ0n) is 67.2. The molecule has 15 rings (SSSR count). The number of nitrogens with zero attached hydrogens (tertiary/aromatic N) is 6. The molecule has 1 saturated carbocycles. The molecule has 0 bridgehead atoms. The molecule has 3 saturated heterocycles. The summed E-state index contributed by atoms with van der Waals surface area (Å²) in [4.78, 5) is 46.0. The van der Waals surface area contributed by atoms with Gasteiger partial charge in [0, 0.05) is 107 Å². The fourth-order valence-corrected chi connectivity index (χ4v) is 18.0. The van der Waals surface area contributed by atoms with Crippen molar-refractivity contribution in [2.45, 2.75) is 100 Å². The summed E-state index contributed by atoms with van der Waals surface area (Å²) in [6, 6.07) is 81.2. The summed E-state index contributed by atoms with van der Waals surface area (Å²) in [5.74, 6) is -1.55. The van der Waals surface area contributed by atoms with Crippen LogP contribution in [0.15, 0.2) is 243 Å². The highest BCUT2D eigenvalue weighted by Gasteiger charge is 2.42. The van der Waals surface area contributed by atoms with Crippen molar-refractivity contribution in [3.05, 3.63) is 329 Å². The maximum Gasteiger partial charge on any atom is 0.250 e. The lowest BCUT2D eigenvalue weighted by molar-refractivity contribution is -0.135. The molecule has 0 aromatic heterocycles. The topological polar surface area (TPSA) is 208 Å². The maximum atomic E-state index is 13.6. The van der Waals surface area contributed by atoms with Crippen LogP contribution in [0, 0.1) is 45.6 Å². The van der Waals surface area contributed by atoms with Crippen LogP contribution in [-0.2, 0) is 53.7 Å². The number of rotatable bonds is 24. The second-order valence-corrected chi connectivity index (χ2v) is 33.5. The Hall–Kier alpha value is -10.5. The van der Waals surface area contributed by atoms with E-state index in [1.807, 2.05) is 103 Å². The van der Waals surface area contributed by atoms with E-state index in [0.717, 1.165) is 151 Å². The SMILES string of the molecule is COc1ccc(CN2CCC(OCC(=O)Nc3cc(Cl)cc(Cl)c3)(c3ccc(-c4cccc(C#N)c4)cc3)CC2)cc1.N#Cc1cccc(-c2ccc(C3(NCC(=O)Nc4cc(F)cc(F)c4)CCN(C4CCCC4)CC3)cc2)c1.N#Cc1cccc(-c2ccc(C3(OCC(=O)Nc4cc(Cl)cc(Cl)c4)CCN(Cc4cccc(Cl)c4Cl)CC3)cc2)c1. The number of hydrogen-bond acceptors (Lipinski definition) is 13. The monoisotopic (exact) mass is 1750 g/mol. The lowest BCUT2D eigenvalue weighted by Gasteiger charge is -2.45. The van der Waals surface area contributed by atoms with E-state index < -0.39 is 28.4 Å². The van der Waals surface area contributed by atoms with Gasteiger partial charge in [0.1, 0.15) is 30.6 Å². The first-order chi connectivity index (χ1) is 59.0. The summed E-state index contributed by atoms with van der Waals surface area (Å²) in [5.41, 5.74) is 12.5. The molecule has 3 heterocycles. The van der Waals surface area contributed by atoms with E-state index in [4.69, 9.17) is 83.8 Å².